The van der Waals surface area contributed by atoms with E-state index in [1.807, 2.05) is 24.3 Å². The predicted octanol–water partition coefficient (Wildman–Crippen LogP) is 2.54. The van der Waals surface area contributed by atoms with Gasteiger partial charge in [-0.05, 0) is 24.1 Å². The highest BCUT2D eigenvalue weighted by Crippen LogP contribution is 2.17. The smallest absolute Gasteiger partial charge is 0.411 e. The summed E-state index contributed by atoms with van der Waals surface area (Å²) in [4.78, 5) is 17.9. The number of amides is 1. The standard InChI is InChI=1S/C19H30N4O4.HI/c1-20-18(23-9-8-16(13-23)14-27-11-10-25-2)21-12-15-4-6-17(7-5-15)22-19(24)26-3;/h4-7,16H,8-14H2,1-3H3,(H,20,21)(H,22,24);1H. The lowest BCUT2D eigenvalue weighted by Gasteiger charge is -2.22. The van der Waals surface area contributed by atoms with Crippen molar-refractivity contribution in [2.24, 2.45) is 10.9 Å². The number of hydrogen-bond acceptors (Lipinski definition) is 5. The topological polar surface area (TPSA) is 84.4 Å². The maximum absolute atomic E-state index is 11.2. The Labute approximate surface area is 184 Å². The van der Waals surface area contributed by atoms with E-state index in [4.69, 9.17) is 9.47 Å². The average Bonchev–Trinajstić information content (AvgIpc) is 3.15. The molecule has 1 aliphatic rings. The van der Waals surface area contributed by atoms with Crippen LogP contribution in [-0.2, 0) is 20.8 Å². The van der Waals surface area contributed by atoms with E-state index in [1.165, 1.54) is 7.11 Å². The van der Waals surface area contributed by atoms with Gasteiger partial charge in [-0.2, -0.15) is 0 Å². The van der Waals surface area contributed by atoms with Gasteiger partial charge in [-0.3, -0.25) is 10.3 Å². The maximum Gasteiger partial charge on any atom is 0.411 e. The van der Waals surface area contributed by atoms with E-state index in [-0.39, 0.29) is 24.0 Å². The fraction of sp³-hybridized carbons (Fsp3) is 0.579. The van der Waals surface area contributed by atoms with Crippen LogP contribution in [0.2, 0.25) is 0 Å². The van der Waals surface area contributed by atoms with Gasteiger partial charge in [-0.1, -0.05) is 12.1 Å². The lowest BCUT2D eigenvalue weighted by atomic mass is 10.1. The van der Waals surface area contributed by atoms with Crippen LogP contribution in [0.1, 0.15) is 12.0 Å². The minimum atomic E-state index is -0.476. The van der Waals surface area contributed by atoms with Gasteiger partial charge >= 0.3 is 6.09 Å². The van der Waals surface area contributed by atoms with Gasteiger partial charge in [0.25, 0.3) is 0 Å². The van der Waals surface area contributed by atoms with Gasteiger partial charge < -0.3 is 24.4 Å². The first-order chi connectivity index (χ1) is 13.2. The third-order valence-electron chi connectivity index (χ3n) is 4.42. The van der Waals surface area contributed by atoms with Crippen LogP contribution < -0.4 is 10.6 Å². The lowest BCUT2D eigenvalue weighted by molar-refractivity contribution is 0.0536. The van der Waals surface area contributed by atoms with Crippen molar-refractivity contribution in [1.82, 2.24) is 10.2 Å². The molecule has 1 aliphatic heterocycles. The van der Waals surface area contributed by atoms with Gasteiger partial charge in [0.05, 0.1) is 26.9 Å². The molecule has 0 bridgehead atoms. The molecule has 1 aromatic rings. The highest BCUT2D eigenvalue weighted by molar-refractivity contribution is 14.0. The Bertz CT molecular complexity index is 612. The molecule has 0 aromatic heterocycles. The van der Waals surface area contributed by atoms with Crippen molar-refractivity contribution in [3.8, 4) is 0 Å². The summed E-state index contributed by atoms with van der Waals surface area (Å²) < 4.78 is 15.2. The van der Waals surface area contributed by atoms with E-state index in [9.17, 15) is 4.79 Å². The number of methoxy groups -OCH3 is 2. The number of hydrogen-bond donors (Lipinski definition) is 2. The Morgan fingerprint density at radius 3 is 2.64 bits per heavy atom. The van der Waals surface area contributed by atoms with Gasteiger partial charge in [0, 0.05) is 45.4 Å². The molecule has 1 heterocycles. The van der Waals surface area contributed by atoms with E-state index in [0.717, 1.165) is 37.6 Å². The van der Waals surface area contributed by atoms with Crippen LogP contribution in [0.25, 0.3) is 0 Å². The monoisotopic (exact) mass is 506 g/mol. The van der Waals surface area contributed by atoms with Crippen molar-refractivity contribution < 1.29 is 19.0 Å². The molecule has 1 aromatic carbocycles. The summed E-state index contributed by atoms with van der Waals surface area (Å²) >= 11 is 0. The van der Waals surface area contributed by atoms with Crippen molar-refractivity contribution >= 4 is 41.7 Å². The van der Waals surface area contributed by atoms with E-state index < -0.39 is 6.09 Å². The zero-order valence-electron chi connectivity index (χ0n) is 16.8. The Kier molecular flexibility index (Phi) is 11.8. The summed E-state index contributed by atoms with van der Waals surface area (Å²) in [5.74, 6) is 1.41. The molecule has 1 atom stereocenters. The summed E-state index contributed by atoms with van der Waals surface area (Å²) in [5.41, 5.74) is 1.80. The molecule has 2 rings (SSSR count). The molecule has 8 nitrogen and oxygen atoms in total. The van der Waals surface area contributed by atoms with Crippen LogP contribution in [0.5, 0.6) is 0 Å². The second kappa shape index (κ2) is 13.6. The number of nitrogens with one attached hydrogen (secondary N) is 2. The Balaban J connectivity index is 0.00000392. The number of guanidine groups is 1. The maximum atomic E-state index is 11.2. The number of ether oxygens (including phenoxy) is 3. The molecule has 9 heteroatoms. The number of benzene rings is 1. The minimum absolute atomic E-state index is 0. The van der Waals surface area contributed by atoms with Crippen LogP contribution in [0.15, 0.2) is 29.3 Å². The molecule has 1 amide bonds. The fourth-order valence-corrected chi connectivity index (χ4v) is 2.94. The first kappa shape index (κ1) is 24.4. The average molecular weight is 506 g/mol. The molecule has 2 N–H and O–H groups in total. The molecular weight excluding hydrogens is 475 g/mol. The van der Waals surface area contributed by atoms with Crippen molar-refractivity contribution in [1.29, 1.82) is 0 Å². The molecule has 28 heavy (non-hydrogen) atoms. The second-order valence-corrected chi connectivity index (χ2v) is 6.38. The fourth-order valence-electron chi connectivity index (χ4n) is 2.94. The molecule has 0 radical (unpaired) electrons. The van der Waals surface area contributed by atoms with E-state index in [1.54, 1.807) is 14.2 Å². The third kappa shape index (κ3) is 8.19. The number of aliphatic imine (C=N–C) groups is 1. The molecule has 0 aliphatic carbocycles. The van der Waals surface area contributed by atoms with Crippen molar-refractivity contribution in [2.75, 3.05) is 59.5 Å². The number of halogens is 1. The normalized spacial score (nSPS) is 16.5. The Morgan fingerprint density at radius 2 is 2.00 bits per heavy atom. The first-order valence-electron chi connectivity index (χ1n) is 9.12. The van der Waals surface area contributed by atoms with Crippen molar-refractivity contribution in [3.63, 3.8) is 0 Å². The highest BCUT2D eigenvalue weighted by Gasteiger charge is 2.24. The number of anilines is 1. The highest BCUT2D eigenvalue weighted by atomic mass is 127. The number of carbonyl (C=O) groups is 1. The lowest BCUT2D eigenvalue weighted by Crippen LogP contribution is -2.39. The molecular formula is C19H31IN4O4. The van der Waals surface area contributed by atoms with Crippen molar-refractivity contribution in [2.45, 2.75) is 13.0 Å². The summed E-state index contributed by atoms with van der Waals surface area (Å²) in [5, 5.41) is 6.03. The van der Waals surface area contributed by atoms with Gasteiger partial charge in [0.2, 0.25) is 0 Å². The Morgan fingerprint density at radius 1 is 1.25 bits per heavy atom. The van der Waals surface area contributed by atoms with Crippen LogP contribution in [0, 0.1) is 5.92 Å². The predicted molar refractivity (Wildman–Crippen MR) is 120 cm³/mol. The number of rotatable bonds is 8. The van der Waals surface area contributed by atoms with E-state index in [0.29, 0.717) is 31.4 Å². The quantitative estimate of drug-likeness (QED) is 0.244. The van der Waals surface area contributed by atoms with Gasteiger partial charge in [0.1, 0.15) is 0 Å². The summed E-state index contributed by atoms with van der Waals surface area (Å²) in [6.07, 6.45) is 0.623. The van der Waals surface area contributed by atoms with Crippen LogP contribution >= 0.6 is 24.0 Å². The molecule has 1 fully saturated rings. The van der Waals surface area contributed by atoms with Gasteiger partial charge in [-0.15, -0.1) is 24.0 Å². The third-order valence-corrected chi connectivity index (χ3v) is 4.42. The first-order valence-corrected chi connectivity index (χ1v) is 9.12. The molecule has 0 spiro atoms. The zero-order chi connectivity index (χ0) is 19.5. The minimum Gasteiger partial charge on any atom is -0.453 e. The molecule has 1 saturated heterocycles. The van der Waals surface area contributed by atoms with Gasteiger partial charge in [-0.25, -0.2) is 4.79 Å². The van der Waals surface area contributed by atoms with Crippen LogP contribution in [-0.4, -0.2) is 71.1 Å². The van der Waals surface area contributed by atoms with E-state index >= 15 is 0 Å². The molecule has 0 saturated carbocycles. The number of nitrogens with zero attached hydrogens (tertiary/aromatic N) is 2. The summed E-state index contributed by atoms with van der Waals surface area (Å²) in [7, 11) is 4.82. The summed E-state index contributed by atoms with van der Waals surface area (Å²) in [6.45, 7) is 4.60. The second-order valence-electron chi connectivity index (χ2n) is 6.38. The SMILES string of the molecule is CN=C(NCc1ccc(NC(=O)OC)cc1)N1CCC(COCCOC)C1.I. The zero-order valence-corrected chi connectivity index (χ0v) is 19.1. The van der Waals surface area contributed by atoms with Gasteiger partial charge in [0.15, 0.2) is 5.96 Å². The van der Waals surface area contributed by atoms with Crippen molar-refractivity contribution in [3.05, 3.63) is 29.8 Å². The summed E-state index contributed by atoms with van der Waals surface area (Å²) in [6, 6.07) is 7.61. The molecule has 1 unspecified atom stereocenters. The Hall–Kier alpha value is -1.59. The van der Waals surface area contributed by atoms with Crippen LogP contribution in [0.3, 0.4) is 0 Å². The number of likely N-dealkylation sites (tertiary alicyclic amines) is 1. The van der Waals surface area contributed by atoms with E-state index in [2.05, 4.69) is 25.3 Å². The largest absolute Gasteiger partial charge is 0.453 e. The van der Waals surface area contributed by atoms with Crippen LogP contribution in [0.4, 0.5) is 10.5 Å². The molecule has 158 valence electrons. The number of carbonyl (C=O) groups excluding carboxylic acids is 1.